The van der Waals surface area contributed by atoms with E-state index in [2.05, 4.69) is 40.2 Å². The van der Waals surface area contributed by atoms with Crippen molar-refractivity contribution < 1.29 is 9.59 Å². The molecule has 0 radical (unpaired) electrons. The van der Waals surface area contributed by atoms with Crippen molar-refractivity contribution in [3.8, 4) is 0 Å². The third-order valence-electron chi connectivity index (χ3n) is 5.53. The van der Waals surface area contributed by atoms with Crippen LogP contribution in [0.3, 0.4) is 0 Å². The van der Waals surface area contributed by atoms with Crippen molar-refractivity contribution in [2.45, 2.75) is 12.8 Å². The summed E-state index contributed by atoms with van der Waals surface area (Å²) in [6, 6.07) is 0. The highest BCUT2D eigenvalue weighted by molar-refractivity contribution is 9.09. The van der Waals surface area contributed by atoms with Crippen LogP contribution in [0.2, 0.25) is 0 Å². The van der Waals surface area contributed by atoms with E-state index in [1.807, 2.05) is 0 Å². The summed E-state index contributed by atoms with van der Waals surface area (Å²) in [5, 5.41) is 0.928. The van der Waals surface area contributed by atoms with Crippen LogP contribution >= 0.6 is 15.9 Å². The topological polar surface area (TPSA) is 37.4 Å². The van der Waals surface area contributed by atoms with Gasteiger partial charge in [-0.2, -0.15) is 0 Å². The molecule has 0 spiro atoms. The van der Waals surface area contributed by atoms with Crippen LogP contribution in [0.4, 0.5) is 0 Å². The van der Waals surface area contributed by atoms with E-state index in [1.165, 1.54) is 0 Å². The lowest BCUT2D eigenvalue weighted by Crippen LogP contribution is -2.50. The predicted octanol–water partition coefficient (Wildman–Crippen LogP) is 2.38. The summed E-state index contributed by atoms with van der Waals surface area (Å²) in [4.78, 5) is 26.8. The van der Waals surface area contributed by atoms with Crippen LogP contribution in [0.25, 0.3) is 0 Å². The van der Waals surface area contributed by atoms with Crippen molar-refractivity contribution in [2.24, 2.45) is 35.5 Å². The molecule has 20 heavy (non-hydrogen) atoms. The number of amides is 2. The molecule has 106 valence electrons. The highest BCUT2D eigenvalue weighted by Gasteiger charge is 2.62. The number of hydrogen-bond donors (Lipinski definition) is 0. The Hall–Kier alpha value is -0.900. The van der Waals surface area contributed by atoms with Crippen LogP contribution in [-0.4, -0.2) is 28.6 Å². The van der Waals surface area contributed by atoms with E-state index in [4.69, 9.17) is 0 Å². The molecule has 4 aliphatic carbocycles. The molecule has 6 unspecified atom stereocenters. The van der Waals surface area contributed by atoms with Crippen LogP contribution in [0.5, 0.6) is 0 Å². The number of allylic oxidation sites excluding steroid dienone is 4. The average molecular weight is 336 g/mol. The molecule has 2 amide bonds. The number of nitrogens with zero attached hydrogens (tertiary/aromatic N) is 1. The van der Waals surface area contributed by atoms with E-state index in [0.29, 0.717) is 18.4 Å². The Balaban J connectivity index is 1.60. The van der Waals surface area contributed by atoms with Crippen LogP contribution in [-0.2, 0) is 9.59 Å². The molecule has 1 aliphatic heterocycles. The molecule has 2 fully saturated rings. The number of likely N-dealkylation sites (tertiary alicyclic amines) is 1. The Morgan fingerprint density at radius 3 is 1.80 bits per heavy atom. The van der Waals surface area contributed by atoms with Gasteiger partial charge in [0.15, 0.2) is 0 Å². The zero-order valence-electron chi connectivity index (χ0n) is 11.2. The van der Waals surface area contributed by atoms with E-state index < -0.39 is 0 Å². The molecule has 5 aliphatic rings. The second-order valence-electron chi connectivity index (χ2n) is 6.35. The highest BCUT2D eigenvalue weighted by atomic mass is 79.9. The van der Waals surface area contributed by atoms with Gasteiger partial charge in [-0.25, -0.2) is 0 Å². The van der Waals surface area contributed by atoms with E-state index in [9.17, 15) is 9.59 Å². The third kappa shape index (κ3) is 1.51. The maximum atomic E-state index is 12.6. The summed E-state index contributed by atoms with van der Waals surface area (Å²) < 4.78 is 0. The van der Waals surface area contributed by atoms with Crippen LogP contribution in [0, 0.1) is 35.5 Å². The number of alkyl halides is 1. The summed E-state index contributed by atoms with van der Waals surface area (Å²) in [5.74, 6) is 1.56. The minimum absolute atomic E-state index is 0.0762. The molecule has 3 nitrogen and oxygen atoms in total. The second kappa shape index (κ2) is 4.55. The van der Waals surface area contributed by atoms with Crippen molar-refractivity contribution in [2.75, 3.05) is 11.9 Å². The third-order valence-corrected chi connectivity index (χ3v) is 6.09. The number of carbonyl (C=O) groups excluding carboxylic acids is 2. The lowest BCUT2D eigenvalue weighted by Gasteiger charge is -2.51. The summed E-state index contributed by atoms with van der Waals surface area (Å²) in [6.07, 6.45) is 10.8. The fourth-order valence-electron chi connectivity index (χ4n) is 4.54. The zero-order chi connectivity index (χ0) is 13.9. The minimum Gasteiger partial charge on any atom is -0.282 e. The van der Waals surface area contributed by atoms with Gasteiger partial charge in [-0.3, -0.25) is 14.5 Å². The Kier molecular flexibility index (Phi) is 2.92. The number of hydrogen-bond acceptors (Lipinski definition) is 2. The molecule has 4 heteroatoms. The van der Waals surface area contributed by atoms with Gasteiger partial charge in [0, 0.05) is 11.9 Å². The number of unbranched alkanes of at least 4 members (excludes halogenated alkanes) is 1. The second-order valence-corrected chi connectivity index (χ2v) is 7.15. The number of rotatable bonds is 4. The van der Waals surface area contributed by atoms with E-state index in [1.54, 1.807) is 4.90 Å². The fourth-order valence-corrected chi connectivity index (χ4v) is 4.93. The predicted molar refractivity (Wildman–Crippen MR) is 79.0 cm³/mol. The maximum Gasteiger partial charge on any atom is 0.233 e. The van der Waals surface area contributed by atoms with Gasteiger partial charge in [-0.1, -0.05) is 40.2 Å². The van der Waals surface area contributed by atoms with Crippen molar-refractivity contribution in [3.05, 3.63) is 24.3 Å². The SMILES string of the molecule is O=C1C2C3C=CC(C4C=CC43)C2C(=O)N1CCCCBr. The minimum atomic E-state index is -0.0762. The molecule has 5 rings (SSSR count). The Labute approximate surface area is 127 Å². The molecule has 1 heterocycles. The standard InChI is InChI=1S/C16H18BrNO2/c17-7-1-2-8-18-15(19)13-11-5-6-12(14(13)16(18)20)10-4-3-9(10)11/h3-6,9-14H,1-2,7-8H2. The van der Waals surface area contributed by atoms with Gasteiger partial charge in [0.05, 0.1) is 11.8 Å². The number of carbonyl (C=O) groups is 2. The highest BCUT2D eigenvalue weighted by Crippen LogP contribution is 2.58. The van der Waals surface area contributed by atoms with Crippen molar-refractivity contribution in [1.82, 2.24) is 4.90 Å². The number of imide groups is 1. The molecule has 1 saturated carbocycles. The van der Waals surface area contributed by atoms with Gasteiger partial charge in [0.2, 0.25) is 11.8 Å². The van der Waals surface area contributed by atoms with Crippen LogP contribution in [0.1, 0.15) is 12.8 Å². The Morgan fingerprint density at radius 1 is 0.850 bits per heavy atom. The van der Waals surface area contributed by atoms with Gasteiger partial charge in [-0.05, 0) is 36.5 Å². The van der Waals surface area contributed by atoms with E-state index >= 15 is 0 Å². The van der Waals surface area contributed by atoms with Gasteiger partial charge < -0.3 is 0 Å². The molecular weight excluding hydrogens is 318 g/mol. The molecular formula is C16H18BrNO2. The zero-order valence-corrected chi connectivity index (χ0v) is 12.8. The smallest absolute Gasteiger partial charge is 0.233 e. The molecule has 0 N–H and O–H groups in total. The quantitative estimate of drug-likeness (QED) is 0.342. The molecule has 6 atom stereocenters. The summed E-state index contributed by atoms with van der Waals surface area (Å²) in [5.41, 5.74) is 0. The van der Waals surface area contributed by atoms with Gasteiger partial charge in [0.1, 0.15) is 0 Å². The first-order valence-corrected chi connectivity index (χ1v) is 8.64. The van der Waals surface area contributed by atoms with Crippen LogP contribution in [0.15, 0.2) is 24.3 Å². The van der Waals surface area contributed by atoms with Crippen molar-refractivity contribution in [1.29, 1.82) is 0 Å². The van der Waals surface area contributed by atoms with E-state index in [0.717, 1.165) is 18.2 Å². The van der Waals surface area contributed by atoms with Crippen LogP contribution < -0.4 is 0 Å². The maximum absolute atomic E-state index is 12.6. The van der Waals surface area contributed by atoms with Crippen molar-refractivity contribution in [3.63, 3.8) is 0 Å². The van der Waals surface area contributed by atoms with Gasteiger partial charge in [0.25, 0.3) is 0 Å². The molecule has 0 aromatic heterocycles. The van der Waals surface area contributed by atoms with E-state index in [-0.39, 0.29) is 35.5 Å². The summed E-state index contributed by atoms with van der Waals surface area (Å²) in [7, 11) is 0. The monoisotopic (exact) mass is 335 g/mol. The summed E-state index contributed by atoms with van der Waals surface area (Å²) in [6.45, 7) is 0.596. The summed E-state index contributed by atoms with van der Waals surface area (Å²) >= 11 is 3.40. The first-order valence-electron chi connectivity index (χ1n) is 7.52. The van der Waals surface area contributed by atoms with Gasteiger partial charge >= 0.3 is 0 Å². The average Bonchev–Trinajstić information content (AvgIpc) is 2.65. The Morgan fingerprint density at radius 2 is 1.35 bits per heavy atom. The first-order chi connectivity index (χ1) is 9.74. The first kappa shape index (κ1) is 12.8. The molecule has 1 saturated heterocycles. The fraction of sp³-hybridized carbons (Fsp3) is 0.625. The lowest BCUT2D eigenvalue weighted by atomic mass is 9.50. The Bertz CT molecular complexity index is 487. The molecule has 2 bridgehead atoms. The molecule has 0 aromatic rings. The number of halogens is 1. The largest absolute Gasteiger partial charge is 0.282 e. The lowest BCUT2D eigenvalue weighted by molar-refractivity contribution is -0.140. The normalized spacial score (nSPS) is 43.8. The van der Waals surface area contributed by atoms with Crippen molar-refractivity contribution >= 4 is 27.7 Å². The molecule has 0 aromatic carbocycles. The van der Waals surface area contributed by atoms with Gasteiger partial charge in [-0.15, -0.1) is 0 Å².